The van der Waals surface area contributed by atoms with Gasteiger partial charge in [0.15, 0.2) is 0 Å². The Balaban J connectivity index is 1.68. The van der Waals surface area contributed by atoms with Crippen LogP contribution in [0.25, 0.3) is 0 Å². The average Bonchev–Trinajstić information content (AvgIpc) is 3.09. The number of hydrogen-bond donors (Lipinski definition) is 0. The largest absolute Gasteiger partial charge is 0.372 e. The van der Waals surface area contributed by atoms with Crippen LogP contribution >= 0.6 is 15.9 Å². The second-order valence-electron chi connectivity index (χ2n) is 10.1. The molecule has 2 aliphatic heterocycles. The number of halogens is 1. The molecule has 0 N–H and O–H groups in total. The first kappa shape index (κ1) is 16.8. The predicted molar refractivity (Wildman–Crippen MR) is 96.9 cm³/mol. The Kier molecular flexibility index (Phi) is 3.65. The summed E-state index contributed by atoms with van der Waals surface area (Å²) in [7, 11) is 0. The standard InChI is InChI=1S/C20H33BrO2/c1-17(2)13-6-10-19(4)14(18(13,3)9-8-15(17)21)7-11-20(5)16(23-20)12-22-19/h13-16H,6-12H2,1-5H3/t13?,14?,15-,16-,18-,19+,20+/m0/s1. The first-order chi connectivity index (χ1) is 10.6. The zero-order chi connectivity index (χ0) is 16.7. The lowest BCUT2D eigenvalue weighted by Crippen LogP contribution is -2.61. The summed E-state index contributed by atoms with van der Waals surface area (Å²) in [6.07, 6.45) is 7.97. The highest BCUT2D eigenvalue weighted by Gasteiger charge is 2.63. The topological polar surface area (TPSA) is 21.8 Å². The third kappa shape index (κ3) is 2.32. The molecule has 0 aromatic carbocycles. The van der Waals surface area contributed by atoms with Crippen molar-refractivity contribution in [1.82, 2.24) is 0 Å². The molecule has 132 valence electrons. The minimum atomic E-state index is 0.0494. The van der Waals surface area contributed by atoms with Crippen LogP contribution in [0.3, 0.4) is 0 Å². The molecule has 0 radical (unpaired) electrons. The van der Waals surface area contributed by atoms with E-state index < -0.39 is 0 Å². The predicted octanol–water partition coefficient (Wildman–Crippen LogP) is 5.33. The molecule has 0 amide bonds. The van der Waals surface area contributed by atoms with Gasteiger partial charge in [0.1, 0.15) is 6.10 Å². The maximum atomic E-state index is 6.57. The molecule has 0 bridgehead atoms. The lowest BCUT2D eigenvalue weighted by molar-refractivity contribution is -0.195. The molecular formula is C20H33BrO2. The monoisotopic (exact) mass is 384 g/mol. The third-order valence-corrected chi connectivity index (χ3v) is 10.1. The lowest BCUT2D eigenvalue weighted by Gasteiger charge is -2.63. The fourth-order valence-corrected chi connectivity index (χ4v) is 7.25. The van der Waals surface area contributed by atoms with Crippen LogP contribution in [0, 0.1) is 22.7 Å². The zero-order valence-electron chi connectivity index (χ0n) is 15.5. The van der Waals surface area contributed by atoms with Gasteiger partial charge in [0.2, 0.25) is 0 Å². The second-order valence-corrected chi connectivity index (χ2v) is 11.2. The molecule has 2 saturated heterocycles. The molecule has 4 fully saturated rings. The van der Waals surface area contributed by atoms with Crippen LogP contribution < -0.4 is 0 Å². The summed E-state index contributed by atoms with van der Waals surface area (Å²) >= 11 is 4.00. The SMILES string of the molecule is CC1(C)C2CC[C@@]3(C)OC[C@@H]4O[C@]4(C)CCC3[C@@]2(C)CC[C@@H]1Br. The summed E-state index contributed by atoms with van der Waals surface area (Å²) in [5.74, 6) is 1.45. The zero-order valence-corrected chi connectivity index (χ0v) is 17.0. The molecule has 0 aromatic heterocycles. The van der Waals surface area contributed by atoms with Crippen LogP contribution in [-0.4, -0.2) is 28.7 Å². The second kappa shape index (κ2) is 4.98. The normalized spacial score (nSPS) is 58.2. The van der Waals surface area contributed by atoms with Gasteiger partial charge in [-0.05, 0) is 75.0 Å². The number of epoxide rings is 1. The summed E-state index contributed by atoms with van der Waals surface area (Å²) in [5, 5.41) is 0. The van der Waals surface area contributed by atoms with Gasteiger partial charge < -0.3 is 9.47 Å². The van der Waals surface area contributed by atoms with Gasteiger partial charge >= 0.3 is 0 Å². The molecule has 2 aliphatic carbocycles. The van der Waals surface area contributed by atoms with Gasteiger partial charge in [-0.3, -0.25) is 0 Å². The fourth-order valence-electron chi connectivity index (χ4n) is 6.70. The first-order valence-electron chi connectivity index (χ1n) is 9.58. The molecule has 4 rings (SSSR count). The summed E-state index contributed by atoms with van der Waals surface area (Å²) in [6.45, 7) is 13.0. The Hall–Kier alpha value is 0.400. The summed E-state index contributed by atoms with van der Waals surface area (Å²) in [6, 6.07) is 0. The van der Waals surface area contributed by atoms with Crippen molar-refractivity contribution in [2.45, 2.75) is 95.3 Å². The third-order valence-electron chi connectivity index (χ3n) is 8.43. The van der Waals surface area contributed by atoms with E-state index in [0.717, 1.165) is 12.5 Å². The number of ether oxygens (including phenoxy) is 2. The van der Waals surface area contributed by atoms with E-state index in [-0.39, 0.29) is 11.2 Å². The van der Waals surface area contributed by atoms with Crippen LogP contribution in [0.1, 0.15) is 73.1 Å². The Morgan fingerprint density at radius 1 is 0.826 bits per heavy atom. The van der Waals surface area contributed by atoms with Crippen molar-refractivity contribution in [3.05, 3.63) is 0 Å². The molecule has 0 aromatic rings. The van der Waals surface area contributed by atoms with E-state index in [9.17, 15) is 0 Å². The van der Waals surface area contributed by atoms with E-state index in [4.69, 9.17) is 9.47 Å². The lowest BCUT2D eigenvalue weighted by atomic mass is 9.45. The number of hydrogen-bond acceptors (Lipinski definition) is 2. The smallest absolute Gasteiger partial charge is 0.110 e. The minimum absolute atomic E-state index is 0.0494. The Bertz CT molecular complexity index is 506. The van der Waals surface area contributed by atoms with Crippen molar-refractivity contribution < 1.29 is 9.47 Å². The molecular weight excluding hydrogens is 352 g/mol. The molecule has 2 nitrogen and oxygen atoms in total. The van der Waals surface area contributed by atoms with Crippen LogP contribution in [0.5, 0.6) is 0 Å². The maximum Gasteiger partial charge on any atom is 0.110 e. The van der Waals surface area contributed by atoms with E-state index in [2.05, 4.69) is 50.5 Å². The molecule has 0 spiro atoms. The van der Waals surface area contributed by atoms with Crippen LogP contribution in [0.4, 0.5) is 0 Å². The van der Waals surface area contributed by atoms with Crippen molar-refractivity contribution in [3.63, 3.8) is 0 Å². The molecule has 2 unspecified atom stereocenters. The molecule has 2 saturated carbocycles. The fraction of sp³-hybridized carbons (Fsp3) is 1.00. The Morgan fingerprint density at radius 3 is 2.22 bits per heavy atom. The Morgan fingerprint density at radius 2 is 1.48 bits per heavy atom. The quantitative estimate of drug-likeness (QED) is 0.415. The van der Waals surface area contributed by atoms with Crippen molar-refractivity contribution in [2.24, 2.45) is 22.7 Å². The van der Waals surface area contributed by atoms with Gasteiger partial charge in [-0.2, -0.15) is 0 Å². The van der Waals surface area contributed by atoms with Gasteiger partial charge in [0, 0.05) is 4.83 Å². The average molecular weight is 385 g/mol. The van der Waals surface area contributed by atoms with E-state index in [0.29, 0.717) is 27.7 Å². The number of rotatable bonds is 0. The molecule has 7 atom stereocenters. The maximum absolute atomic E-state index is 6.57. The minimum Gasteiger partial charge on any atom is -0.372 e. The molecule has 2 heterocycles. The molecule has 3 heteroatoms. The van der Waals surface area contributed by atoms with Crippen LogP contribution in [0.15, 0.2) is 0 Å². The Labute approximate surface area is 150 Å². The number of fused-ring (bicyclic) bond motifs is 4. The van der Waals surface area contributed by atoms with Gasteiger partial charge in [-0.15, -0.1) is 0 Å². The van der Waals surface area contributed by atoms with Crippen LogP contribution in [0.2, 0.25) is 0 Å². The van der Waals surface area contributed by atoms with E-state index in [1.165, 1.54) is 38.5 Å². The van der Waals surface area contributed by atoms with Gasteiger partial charge in [0.25, 0.3) is 0 Å². The number of alkyl halides is 1. The highest BCUT2D eigenvalue weighted by atomic mass is 79.9. The molecule has 23 heavy (non-hydrogen) atoms. The summed E-state index contributed by atoms with van der Waals surface area (Å²) in [5.41, 5.74) is 0.929. The van der Waals surface area contributed by atoms with E-state index in [1.54, 1.807) is 0 Å². The van der Waals surface area contributed by atoms with Gasteiger partial charge in [0.05, 0.1) is 17.8 Å². The van der Waals surface area contributed by atoms with E-state index in [1.807, 2.05) is 0 Å². The van der Waals surface area contributed by atoms with Gasteiger partial charge in [-0.1, -0.05) is 36.7 Å². The first-order valence-corrected chi connectivity index (χ1v) is 10.5. The van der Waals surface area contributed by atoms with Crippen molar-refractivity contribution in [2.75, 3.05) is 6.61 Å². The summed E-state index contributed by atoms with van der Waals surface area (Å²) in [4.78, 5) is 0.653. The van der Waals surface area contributed by atoms with Gasteiger partial charge in [-0.25, -0.2) is 0 Å². The van der Waals surface area contributed by atoms with Crippen molar-refractivity contribution in [1.29, 1.82) is 0 Å². The highest BCUT2D eigenvalue weighted by molar-refractivity contribution is 9.09. The van der Waals surface area contributed by atoms with Crippen LogP contribution in [-0.2, 0) is 9.47 Å². The van der Waals surface area contributed by atoms with E-state index >= 15 is 0 Å². The molecule has 4 aliphatic rings. The summed E-state index contributed by atoms with van der Waals surface area (Å²) < 4.78 is 12.5. The highest BCUT2D eigenvalue weighted by Crippen LogP contribution is 2.65. The van der Waals surface area contributed by atoms with Crippen molar-refractivity contribution >= 4 is 15.9 Å². The van der Waals surface area contributed by atoms with Crippen molar-refractivity contribution in [3.8, 4) is 0 Å².